The summed E-state index contributed by atoms with van der Waals surface area (Å²) in [5.74, 6) is 1.89. The summed E-state index contributed by atoms with van der Waals surface area (Å²) in [5, 5.41) is 2.12. The van der Waals surface area contributed by atoms with E-state index in [1.54, 1.807) is 0 Å². The van der Waals surface area contributed by atoms with E-state index >= 15 is 0 Å². The first kappa shape index (κ1) is 28.2. The molecule has 4 nitrogen and oxygen atoms in total. The van der Waals surface area contributed by atoms with Gasteiger partial charge in [0, 0.05) is 32.7 Å². The quantitative estimate of drug-likeness (QED) is 0.195. The van der Waals surface area contributed by atoms with Crippen LogP contribution in [0.15, 0.2) is 132 Å². The van der Waals surface area contributed by atoms with Gasteiger partial charge >= 0.3 is 0 Å². The van der Waals surface area contributed by atoms with Gasteiger partial charge in [0.15, 0.2) is 17.5 Å². The number of para-hydroxylation sites is 2. The first-order valence-corrected chi connectivity index (χ1v) is 17.0. The molecule has 0 N–H and O–H groups in total. The zero-order valence-electron chi connectivity index (χ0n) is 27.9. The number of hydrogen-bond donors (Lipinski definition) is 0. The van der Waals surface area contributed by atoms with Crippen molar-refractivity contribution < 1.29 is 4.42 Å². The first-order valence-electron chi connectivity index (χ1n) is 17.0. The van der Waals surface area contributed by atoms with Crippen molar-refractivity contribution in [2.24, 2.45) is 0 Å². The van der Waals surface area contributed by atoms with Gasteiger partial charge in [-0.3, -0.25) is 0 Å². The van der Waals surface area contributed by atoms with Crippen molar-refractivity contribution in [1.29, 1.82) is 0 Å². The minimum atomic E-state index is -0.143. The molecule has 2 aromatic heterocycles. The van der Waals surface area contributed by atoms with Crippen LogP contribution >= 0.6 is 0 Å². The number of fused-ring (bicyclic) bond motifs is 9. The van der Waals surface area contributed by atoms with E-state index in [9.17, 15) is 0 Å². The molecule has 10 rings (SSSR count). The number of hydrogen-bond acceptors (Lipinski definition) is 4. The highest BCUT2D eigenvalue weighted by atomic mass is 16.3. The Morgan fingerprint density at radius 2 is 0.980 bits per heavy atom. The van der Waals surface area contributed by atoms with Crippen molar-refractivity contribution in [3.05, 3.63) is 150 Å². The van der Waals surface area contributed by atoms with Crippen LogP contribution < -0.4 is 0 Å². The third kappa shape index (κ3) is 3.89. The van der Waals surface area contributed by atoms with Gasteiger partial charge < -0.3 is 4.42 Å². The Morgan fingerprint density at radius 3 is 1.82 bits per heavy atom. The molecule has 8 aromatic rings. The van der Waals surface area contributed by atoms with Crippen molar-refractivity contribution in [2.75, 3.05) is 0 Å². The topological polar surface area (TPSA) is 51.8 Å². The SMILES string of the molecule is CC1(C)c2ccccc2-c2ccc(-c3nc(-c4cccc5c4-c4ccccc4C5(C)C)nc(-c4cccc5c4oc4ccccc45)n3)cc21. The third-order valence-corrected chi connectivity index (χ3v) is 11.0. The number of aromatic nitrogens is 3. The zero-order valence-corrected chi connectivity index (χ0v) is 27.9. The largest absolute Gasteiger partial charge is 0.455 e. The van der Waals surface area contributed by atoms with E-state index in [0.717, 1.165) is 38.6 Å². The minimum absolute atomic E-state index is 0.138. The van der Waals surface area contributed by atoms with E-state index in [1.807, 2.05) is 18.2 Å². The van der Waals surface area contributed by atoms with Crippen molar-refractivity contribution in [2.45, 2.75) is 38.5 Å². The van der Waals surface area contributed by atoms with E-state index < -0.39 is 0 Å². The maximum absolute atomic E-state index is 6.50. The molecule has 0 saturated heterocycles. The molecule has 2 aliphatic carbocycles. The molecule has 4 heteroatoms. The molecule has 0 radical (unpaired) electrons. The van der Waals surface area contributed by atoms with E-state index in [-0.39, 0.29) is 10.8 Å². The van der Waals surface area contributed by atoms with Crippen molar-refractivity contribution in [3.63, 3.8) is 0 Å². The van der Waals surface area contributed by atoms with Crippen LogP contribution in [0.4, 0.5) is 0 Å². The molecule has 49 heavy (non-hydrogen) atoms. The maximum atomic E-state index is 6.50. The van der Waals surface area contributed by atoms with Crippen molar-refractivity contribution in [1.82, 2.24) is 15.0 Å². The number of rotatable bonds is 3. The highest BCUT2D eigenvalue weighted by Crippen LogP contribution is 2.52. The molecule has 0 bridgehead atoms. The van der Waals surface area contributed by atoms with Crippen LogP contribution in [0.1, 0.15) is 49.9 Å². The van der Waals surface area contributed by atoms with Crippen LogP contribution in [-0.4, -0.2) is 15.0 Å². The number of benzene rings is 6. The number of nitrogens with zero attached hydrogens (tertiary/aromatic N) is 3. The highest BCUT2D eigenvalue weighted by molar-refractivity contribution is 6.09. The predicted octanol–water partition coefficient (Wildman–Crippen LogP) is 11.4. The molecule has 2 heterocycles. The summed E-state index contributed by atoms with van der Waals surface area (Å²) >= 11 is 0. The number of furan rings is 1. The Balaban J connectivity index is 1.24. The Morgan fingerprint density at radius 1 is 0.429 bits per heavy atom. The Kier molecular flexibility index (Phi) is 5.65. The summed E-state index contributed by atoms with van der Waals surface area (Å²) in [7, 11) is 0. The summed E-state index contributed by atoms with van der Waals surface area (Å²) in [6.07, 6.45) is 0. The van der Waals surface area contributed by atoms with Gasteiger partial charge in [-0.2, -0.15) is 0 Å². The second kappa shape index (κ2) is 9.83. The van der Waals surface area contributed by atoms with Crippen LogP contribution in [0.5, 0.6) is 0 Å². The normalized spacial score (nSPS) is 14.9. The summed E-state index contributed by atoms with van der Waals surface area (Å²) in [6.45, 7) is 9.22. The molecule has 0 atom stereocenters. The lowest BCUT2D eigenvalue weighted by Gasteiger charge is -2.22. The van der Waals surface area contributed by atoms with Gasteiger partial charge in [-0.25, -0.2) is 15.0 Å². The fourth-order valence-corrected chi connectivity index (χ4v) is 8.45. The van der Waals surface area contributed by atoms with Gasteiger partial charge in [0.05, 0.1) is 5.56 Å². The lowest BCUT2D eigenvalue weighted by atomic mass is 9.82. The smallest absolute Gasteiger partial charge is 0.167 e. The Hall–Kier alpha value is -5.87. The molecule has 2 aliphatic rings. The molecular weight excluding hydrogens is 599 g/mol. The summed E-state index contributed by atoms with van der Waals surface area (Å²) in [5.41, 5.74) is 14.4. The standard InChI is InChI=1S/C45H33N3O/c1-44(2)35-20-9-6-15-31(35)39-32(17-12-21-36(39)44)42-46-41(26-23-24-28-27-13-5-8-19-34(27)45(3,4)37(28)25-26)47-43(48-42)33-18-11-16-30-29-14-7-10-22-38(29)49-40(30)33/h5-25H,1-4H3. The second-order valence-electron chi connectivity index (χ2n) is 14.4. The minimum Gasteiger partial charge on any atom is -0.455 e. The molecule has 0 spiro atoms. The fourth-order valence-electron chi connectivity index (χ4n) is 8.45. The third-order valence-electron chi connectivity index (χ3n) is 11.0. The fraction of sp³-hybridized carbons (Fsp3) is 0.133. The lowest BCUT2D eigenvalue weighted by molar-refractivity contribution is 0.660. The van der Waals surface area contributed by atoms with Gasteiger partial charge in [0.1, 0.15) is 11.2 Å². The van der Waals surface area contributed by atoms with Crippen molar-refractivity contribution >= 4 is 21.9 Å². The monoisotopic (exact) mass is 631 g/mol. The summed E-state index contributed by atoms with van der Waals surface area (Å²) in [4.78, 5) is 15.8. The predicted molar refractivity (Wildman–Crippen MR) is 199 cm³/mol. The summed E-state index contributed by atoms with van der Waals surface area (Å²) in [6, 6.07) is 45.1. The molecular formula is C45H33N3O. The van der Waals surface area contributed by atoms with Gasteiger partial charge in [0.2, 0.25) is 0 Å². The Labute approximate surface area is 285 Å². The van der Waals surface area contributed by atoms with E-state index in [4.69, 9.17) is 19.4 Å². The van der Waals surface area contributed by atoms with Gasteiger partial charge in [0.25, 0.3) is 0 Å². The van der Waals surface area contributed by atoms with Crippen molar-refractivity contribution in [3.8, 4) is 56.4 Å². The lowest BCUT2D eigenvalue weighted by Crippen LogP contribution is -2.15. The average Bonchev–Trinajstić information content (AvgIpc) is 3.71. The van der Waals surface area contributed by atoms with Gasteiger partial charge in [-0.05, 0) is 62.7 Å². The highest BCUT2D eigenvalue weighted by Gasteiger charge is 2.38. The van der Waals surface area contributed by atoms with Gasteiger partial charge in [-0.1, -0.05) is 137 Å². The average molecular weight is 632 g/mol. The van der Waals surface area contributed by atoms with E-state index in [0.29, 0.717) is 17.5 Å². The maximum Gasteiger partial charge on any atom is 0.167 e. The van der Waals surface area contributed by atoms with Crippen LogP contribution in [0.2, 0.25) is 0 Å². The molecule has 0 amide bonds. The van der Waals surface area contributed by atoms with E-state index in [1.165, 1.54) is 44.5 Å². The van der Waals surface area contributed by atoms with E-state index in [2.05, 4.69) is 137 Å². The summed E-state index contributed by atoms with van der Waals surface area (Å²) < 4.78 is 6.50. The van der Waals surface area contributed by atoms with Crippen LogP contribution in [0.25, 0.3) is 78.4 Å². The van der Waals surface area contributed by atoms with Crippen LogP contribution in [-0.2, 0) is 10.8 Å². The molecule has 234 valence electrons. The second-order valence-corrected chi connectivity index (χ2v) is 14.4. The molecule has 0 saturated carbocycles. The molecule has 0 unspecified atom stereocenters. The van der Waals surface area contributed by atoms with Crippen LogP contribution in [0, 0.1) is 0 Å². The molecule has 0 fully saturated rings. The molecule has 0 aliphatic heterocycles. The first-order chi connectivity index (χ1) is 23.8. The zero-order chi connectivity index (χ0) is 33.1. The van der Waals surface area contributed by atoms with Gasteiger partial charge in [-0.15, -0.1) is 0 Å². The molecule has 6 aromatic carbocycles. The Bertz CT molecular complexity index is 2680. The van der Waals surface area contributed by atoms with Crippen LogP contribution in [0.3, 0.4) is 0 Å².